The second-order valence-corrected chi connectivity index (χ2v) is 8.60. The highest BCUT2D eigenvalue weighted by Gasteiger charge is 2.16. The summed E-state index contributed by atoms with van der Waals surface area (Å²) in [7, 11) is 0. The summed E-state index contributed by atoms with van der Waals surface area (Å²) in [4.78, 5) is 4.83. The summed E-state index contributed by atoms with van der Waals surface area (Å²) in [5.41, 5.74) is 5.19. The summed E-state index contributed by atoms with van der Waals surface area (Å²) in [6, 6.07) is 20.0. The molecule has 0 fully saturated rings. The van der Waals surface area contributed by atoms with Crippen molar-refractivity contribution in [2.75, 3.05) is 0 Å². The highest BCUT2D eigenvalue weighted by molar-refractivity contribution is 6.36. The Morgan fingerprint density at radius 1 is 0.967 bits per heavy atom. The first-order valence-electron chi connectivity index (χ1n) is 10.0. The van der Waals surface area contributed by atoms with Crippen LogP contribution in [-0.2, 0) is 13.2 Å². The second kappa shape index (κ2) is 8.71. The van der Waals surface area contributed by atoms with Crippen molar-refractivity contribution in [2.45, 2.75) is 39.8 Å². The Kier molecular flexibility index (Phi) is 6.03. The Morgan fingerprint density at radius 2 is 1.70 bits per heavy atom. The number of hydrogen-bond acceptors (Lipinski definition) is 2. The molecule has 0 aliphatic rings. The zero-order chi connectivity index (χ0) is 21.3. The van der Waals surface area contributed by atoms with E-state index in [1.807, 2.05) is 36.4 Å². The van der Waals surface area contributed by atoms with Crippen molar-refractivity contribution < 1.29 is 4.74 Å². The minimum Gasteiger partial charge on any atom is -0.485 e. The highest BCUT2D eigenvalue weighted by Crippen LogP contribution is 2.30. The molecule has 0 aliphatic carbocycles. The largest absolute Gasteiger partial charge is 0.485 e. The third-order valence-corrected chi connectivity index (χ3v) is 5.97. The van der Waals surface area contributed by atoms with E-state index in [0.29, 0.717) is 29.1 Å². The standard InChI is InChI=1S/C25H24Cl2N2O/c1-16(2)18-12-11-17(3)13-24(18)30-15-25-28-22-9-4-5-10-23(22)29(25)14-19-20(26)7-6-8-21(19)27/h4-13,16H,14-15H2,1-3H3. The van der Waals surface area contributed by atoms with E-state index >= 15 is 0 Å². The molecular formula is C25H24Cl2N2O. The number of ether oxygens (including phenoxy) is 1. The Bertz CT molecular complexity index is 1180. The first-order chi connectivity index (χ1) is 14.4. The fourth-order valence-corrected chi connectivity index (χ4v) is 4.16. The molecule has 154 valence electrons. The van der Waals surface area contributed by atoms with Crippen LogP contribution < -0.4 is 4.74 Å². The lowest BCUT2D eigenvalue weighted by Gasteiger charge is -2.16. The molecule has 0 saturated heterocycles. The van der Waals surface area contributed by atoms with Crippen LogP contribution in [0.2, 0.25) is 10.0 Å². The van der Waals surface area contributed by atoms with Gasteiger partial charge in [0.1, 0.15) is 18.2 Å². The number of aryl methyl sites for hydroxylation is 1. The lowest BCUT2D eigenvalue weighted by molar-refractivity contribution is 0.287. The number of hydrogen-bond donors (Lipinski definition) is 0. The average molecular weight is 439 g/mol. The van der Waals surface area contributed by atoms with E-state index in [-0.39, 0.29) is 0 Å². The predicted molar refractivity (Wildman–Crippen MR) is 125 cm³/mol. The van der Waals surface area contributed by atoms with E-state index < -0.39 is 0 Å². The number of halogens is 2. The van der Waals surface area contributed by atoms with Crippen LogP contribution in [0.1, 0.15) is 42.3 Å². The van der Waals surface area contributed by atoms with Gasteiger partial charge in [0.05, 0.1) is 17.6 Å². The maximum absolute atomic E-state index is 6.45. The van der Waals surface area contributed by atoms with E-state index in [4.69, 9.17) is 32.9 Å². The van der Waals surface area contributed by atoms with Gasteiger partial charge in [0.15, 0.2) is 0 Å². The third kappa shape index (κ3) is 4.19. The number of nitrogens with zero attached hydrogens (tertiary/aromatic N) is 2. The van der Waals surface area contributed by atoms with Crippen molar-refractivity contribution in [1.29, 1.82) is 0 Å². The van der Waals surface area contributed by atoms with Crippen LogP contribution >= 0.6 is 23.2 Å². The van der Waals surface area contributed by atoms with Crippen molar-refractivity contribution in [3.63, 3.8) is 0 Å². The molecule has 0 bridgehead atoms. The minimum absolute atomic E-state index is 0.361. The van der Waals surface area contributed by atoms with E-state index in [0.717, 1.165) is 28.2 Å². The number of benzene rings is 3. The quantitative estimate of drug-likeness (QED) is 0.313. The van der Waals surface area contributed by atoms with Gasteiger partial charge in [0.25, 0.3) is 0 Å². The number of imidazole rings is 1. The van der Waals surface area contributed by atoms with Gasteiger partial charge in [-0.1, -0.05) is 67.4 Å². The zero-order valence-corrected chi connectivity index (χ0v) is 18.8. The molecule has 0 N–H and O–H groups in total. The lowest BCUT2D eigenvalue weighted by atomic mass is 10.0. The molecule has 0 unspecified atom stereocenters. The molecular weight excluding hydrogens is 415 g/mol. The molecule has 5 heteroatoms. The lowest BCUT2D eigenvalue weighted by Crippen LogP contribution is -2.10. The van der Waals surface area contributed by atoms with Gasteiger partial charge in [-0.25, -0.2) is 4.98 Å². The number of rotatable bonds is 6. The van der Waals surface area contributed by atoms with Gasteiger partial charge < -0.3 is 9.30 Å². The van der Waals surface area contributed by atoms with E-state index in [1.165, 1.54) is 11.1 Å². The summed E-state index contributed by atoms with van der Waals surface area (Å²) < 4.78 is 8.42. The van der Waals surface area contributed by atoms with Gasteiger partial charge in [0, 0.05) is 15.6 Å². The minimum atomic E-state index is 0.361. The van der Waals surface area contributed by atoms with Crippen molar-refractivity contribution in [3.05, 3.63) is 93.2 Å². The molecule has 30 heavy (non-hydrogen) atoms. The van der Waals surface area contributed by atoms with Crippen molar-refractivity contribution in [3.8, 4) is 5.75 Å². The predicted octanol–water partition coefficient (Wildman–Crippen LogP) is 7.40. The van der Waals surface area contributed by atoms with Crippen LogP contribution in [0.4, 0.5) is 0 Å². The summed E-state index contributed by atoms with van der Waals surface area (Å²) in [6.07, 6.45) is 0. The Hall–Kier alpha value is -2.49. The molecule has 0 radical (unpaired) electrons. The molecule has 0 saturated carbocycles. The first-order valence-corrected chi connectivity index (χ1v) is 10.8. The molecule has 0 atom stereocenters. The van der Waals surface area contributed by atoms with Crippen LogP contribution in [0.5, 0.6) is 5.75 Å². The van der Waals surface area contributed by atoms with Crippen molar-refractivity contribution >= 4 is 34.2 Å². The monoisotopic (exact) mass is 438 g/mol. The van der Waals surface area contributed by atoms with E-state index in [9.17, 15) is 0 Å². The van der Waals surface area contributed by atoms with Crippen LogP contribution in [-0.4, -0.2) is 9.55 Å². The van der Waals surface area contributed by atoms with Gasteiger partial charge in [0.2, 0.25) is 0 Å². The number of aromatic nitrogens is 2. The Morgan fingerprint density at radius 3 is 2.43 bits per heavy atom. The second-order valence-electron chi connectivity index (χ2n) is 7.79. The SMILES string of the molecule is Cc1ccc(C(C)C)c(OCc2nc3ccccc3n2Cc2c(Cl)cccc2Cl)c1. The molecule has 0 spiro atoms. The molecule has 3 nitrogen and oxygen atoms in total. The molecule has 1 aromatic heterocycles. The topological polar surface area (TPSA) is 27.1 Å². The van der Waals surface area contributed by atoms with Gasteiger partial charge in [-0.3, -0.25) is 0 Å². The van der Waals surface area contributed by atoms with Gasteiger partial charge >= 0.3 is 0 Å². The third-order valence-electron chi connectivity index (χ3n) is 5.26. The van der Waals surface area contributed by atoms with E-state index in [2.05, 4.69) is 49.6 Å². The summed E-state index contributed by atoms with van der Waals surface area (Å²) in [5.74, 6) is 2.11. The summed E-state index contributed by atoms with van der Waals surface area (Å²) in [6.45, 7) is 7.31. The number of fused-ring (bicyclic) bond motifs is 1. The van der Waals surface area contributed by atoms with Crippen LogP contribution in [0.3, 0.4) is 0 Å². The van der Waals surface area contributed by atoms with E-state index in [1.54, 1.807) is 0 Å². The Balaban J connectivity index is 1.72. The molecule has 1 heterocycles. The van der Waals surface area contributed by atoms with Crippen LogP contribution in [0, 0.1) is 6.92 Å². The maximum atomic E-state index is 6.45. The fraction of sp³-hybridized carbons (Fsp3) is 0.240. The van der Waals surface area contributed by atoms with Gasteiger partial charge in [-0.05, 0) is 54.3 Å². The van der Waals surface area contributed by atoms with Gasteiger partial charge in [-0.15, -0.1) is 0 Å². The number of para-hydroxylation sites is 2. The van der Waals surface area contributed by atoms with Crippen LogP contribution in [0.25, 0.3) is 11.0 Å². The van der Waals surface area contributed by atoms with Crippen molar-refractivity contribution in [2.24, 2.45) is 0 Å². The van der Waals surface area contributed by atoms with Gasteiger partial charge in [-0.2, -0.15) is 0 Å². The zero-order valence-electron chi connectivity index (χ0n) is 17.3. The molecule has 3 aromatic carbocycles. The normalized spacial score (nSPS) is 11.4. The maximum Gasteiger partial charge on any atom is 0.148 e. The molecule has 0 amide bonds. The molecule has 4 aromatic rings. The summed E-state index contributed by atoms with van der Waals surface area (Å²) in [5, 5.41) is 1.29. The van der Waals surface area contributed by atoms with Crippen LogP contribution in [0.15, 0.2) is 60.7 Å². The smallest absolute Gasteiger partial charge is 0.148 e. The molecule has 0 aliphatic heterocycles. The highest BCUT2D eigenvalue weighted by atomic mass is 35.5. The Labute approximate surface area is 187 Å². The first kappa shape index (κ1) is 20.8. The summed E-state index contributed by atoms with van der Waals surface area (Å²) >= 11 is 12.9. The van der Waals surface area contributed by atoms with Crippen molar-refractivity contribution in [1.82, 2.24) is 9.55 Å². The fourth-order valence-electron chi connectivity index (χ4n) is 3.64. The molecule has 4 rings (SSSR count). The average Bonchev–Trinajstić information content (AvgIpc) is 3.06.